The predicted molar refractivity (Wildman–Crippen MR) is 32.0 cm³/mol. The molecule has 0 aliphatic rings. The van der Waals surface area contributed by atoms with Crippen LogP contribution in [0, 0.1) is 0 Å². The number of amides is 1. The fourth-order valence-corrected chi connectivity index (χ4v) is 0.459. The van der Waals surface area contributed by atoms with Gasteiger partial charge in [-0.15, -0.1) is 0 Å². The lowest BCUT2D eigenvalue weighted by Gasteiger charge is -2.13. The zero-order chi connectivity index (χ0) is 7.44. The molecule has 9 heavy (non-hydrogen) atoms. The summed E-state index contributed by atoms with van der Waals surface area (Å²) >= 11 is 0. The van der Waals surface area contributed by atoms with E-state index < -0.39 is 18.1 Å². The monoisotopic (exact) mass is 133 g/mol. The van der Waals surface area contributed by atoms with Crippen LogP contribution in [0.1, 0.15) is 6.92 Å². The second kappa shape index (κ2) is 3.39. The molecule has 0 fully saturated rings. The van der Waals surface area contributed by atoms with E-state index in [0.29, 0.717) is 0 Å². The number of hydrogen-bond acceptors (Lipinski definition) is 4. The molecule has 0 saturated carbocycles. The highest BCUT2D eigenvalue weighted by atomic mass is 16.3. The number of carbonyl (C=O) groups excluding carboxylic acids is 1. The molecule has 2 unspecified atom stereocenters. The maximum Gasteiger partial charge on any atom is 0.238 e. The van der Waals surface area contributed by atoms with Gasteiger partial charge in [-0.05, 0) is 6.92 Å². The van der Waals surface area contributed by atoms with Crippen molar-refractivity contribution >= 4 is 5.91 Å². The molecule has 0 saturated heterocycles. The zero-order valence-corrected chi connectivity index (χ0v) is 5.16. The van der Waals surface area contributed by atoms with Gasteiger partial charge in [0.05, 0.1) is 6.10 Å². The van der Waals surface area contributed by atoms with E-state index in [9.17, 15) is 4.79 Å². The van der Waals surface area contributed by atoms with Gasteiger partial charge >= 0.3 is 0 Å². The van der Waals surface area contributed by atoms with E-state index in [4.69, 9.17) is 16.7 Å². The molecule has 0 aromatic rings. The number of hydrogen-bond donors (Lipinski definition) is 4. The molecular formula is C4H11N3O2. The van der Waals surface area contributed by atoms with E-state index in [-0.39, 0.29) is 0 Å². The van der Waals surface area contributed by atoms with Crippen LogP contribution in [0.15, 0.2) is 0 Å². The first-order valence-electron chi connectivity index (χ1n) is 2.53. The van der Waals surface area contributed by atoms with Crippen LogP contribution in [0.2, 0.25) is 0 Å². The Bertz CT molecular complexity index is 104. The molecule has 0 radical (unpaired) electrons. The molecule has 0 aliphatic carbocycles. The average Bonchev–Trinajstić information content (AvgIpc) is 1.64. The first-order chi connectivity index (χ1) is 4.09. The van der Waals surface area contributed by atoms with Crippen LogP contribution >= 0.6 is 0 Å². The Morgan fingerprint density at radius 3 is 2.22 bits per heavy atom. The minimum atomic E-state index is -0.856. The fraction of sp³-hybridized carbons (Fsp3) is 0.750. The number of nitrogens with one attached hydrogen (secondary N) is 1. The number of carbonyl (C=O) groups is 1. The highest BCUT2D eigenvalue weighted by molar-refractivity contribution is 5.80. The number of rotatable bonds is 3. The number of hydrazine groups is 1. The maximum absolute atomic E-state index is 10.3. The first kappa shape index (κ1) is 8.35. The van der Waals surface area contributed by atoms with E-state index in [1.807, 2.05) is 0 Å². The van der Waals surface area contributed by atoms with Gasteiger partial charge < -0.3 is 10.8 Å². The van der Waals surface area contributed by atoms with Crippen LogP contribution in [0.3, 0.4) is 0 Å². The van der Waals surface area contributed by atoms with Crippen molar-refractivity contribution in [1.82, 2.24) is 5.43 Å². The number of aliphatic hydroxyl groups is 1. The van der Waals surface area contributed by atoms with Crippen molar-refractivity contribution in [3.05, 3.63) is 0 Å². The summed E-state index contributed by atoms with van der Waals surface area (Å²) in [4.78, 5) is 10.3. The SMILES string of the molecule is CC(O)C(NN)C(N)=O. The lowest BCUT2D eigenvalue weighted by atomic mass is 10.2. The zero-order valence-electron chi connectivity index (χ0n) is 5.16. The van der Waals surface area contributed by atoms with E-state index in [0.717, 1.165) is 0 Å². The largest absolute Gasteiger partial charge is 0.391 e. The Morgan fingerprint density at radius 1 is 1.78 bits per heavy atom. The average molecular weight is 133 g/mol. The fourth-order valence-electron chi connectivity index (χ4n) is 0.459. The van der Waals surface area contributed by atoms with Crippen molar-refractivity contribution < 1.29 is 9.90 Å². The van der Waals surface area contributed by atoms with Crippen LogP contribution in [0.25, 0.3) is 0 Å². The molecule has 5 nitrogen and oxygen atoms in total. The molecular weight excluding hydrogens is 122 g/mol. The Morgan fingerprint density at radius 2 is 2.22 bits per heavy atom. The summed E-state index contributed by atoms with van der Waals surface area (Å²) in [7, 11) is 0. The molecule has 0 aromatic carbocycles. The number of nitrogens with two attached hydrogens (primary N) is 2. The van der Waals surface area contributed by atoms with Crippen molar-refractivity contribution in [2.24, 2.45) is 11.6 Å². The van der Waals surface area contributed by atoms with E-state index in [1.165, 1.54) is 6.92 Å². The van der Waals surface area contributed by atoms with Gasteiger partial charge in [-0.1, -0.05) is 0 Å². The van der Waals surface area contributed by atoms with E-state index in [1.54, 1.807) is 0 Å². The smallest absolute Gasteiger partial charge is 0.238 e. The molecule has 6 N–H and O–H groups in total. The Labute approximate surface area is 53.0 Å². The lowest BCUT2D eigenvalue weighted by Crippen LogP contribution is -2.51. The van der Waals surface area contributed by atoms with E-state index >= 15 is 0 Å². The van der Waals surface area contributed by atoms with Gasteiger partial charge in [0, 0.05) is 0 Å². The second-order valence-corrected chi connectivity index (χ2v) is 1.79. The van der Waals surface area contributed by atoms with Gasteiger partial charge in [0.15, 0.2) is 0 Å². The standard InChI is InChI=1S/C4H11N3O2/c1-2(8)3(7-6)4(5)9/h2-3,7-8H,6H2,1H3,(H2,5,9). The van der Waals surface area contributed by atoms with Crippen molar-refractivity contribution in [3.63, 3.8) is 0 Å². The van der Waals surface area contributed by atoms with Crippen molar-refractivity contribution in [2.45, 2.75) is 19.1 Å². The summed E-state index contributed by atoms with van der Waals surface area (Å²) in [5, 5.41) is 8.74. The molecule has 2 atom stereocenters. The van der Waals surface area contributed by atoms with E-state index in [2.05, 4.69) is 5.43 Å². The predicted octanol–water partition coefficient (Wildman–Crippen LogP) is -2.32. The lowest BCUT2D eigenvalue weighted by molar-refractivity contribution is -0.122. The molecule has 0 aromatic heterocycles. The Kier molecular flexibility index (Phi) is 3.15. The van der Waals surface area contributed by atoms with Gasteiger partial charge in [0.25, 0.3) is 0 Å². The van der Waals surface area contributed by atoms with Gasteiger partial charge in [-0.3, -0.25) is 10.6 Å². The molecule has 0 bridgehead atoms. The van der Waals surface area contributed by atoms with Gasteiger partial charge in [0.2, 0.25) is 5.91 Å². The maximum atomic E-state index is 10.3. The molecule has 0 heterocycles. The third-order valence-corrected chi connectivity index (χ3v) is 0.968. The summed E-state index contributed by atoms with van der Waals surface area (Å²) in [6.07, 6.45) is -0.854. The van der Waals surface area contributed by atoms with Crippen molar-refractivity contribution in [1.29, 1.82) is 0 Å². The van der Waals surface area contributed by atoms with Crippen molar-refractivity contribution in [2.75, 3.05) is 0 Å². The second-order valence-electron chi connectivity index (χ2n) is 1.79. The van der Waals surface area contributed by atoms with Crippen LogP contribution in [0.4, 0.5) is 0 Å². The molecule has 5 heteroatoms. The summed E-state index contributed by atoms with van der Waals surface area (Å²) in [6, 6.07) is -0.856. The summed E-state index contributed by atoms with van der Waals surface area (Å²) < 4.78 is 0. The topological polar surface area (TPSA) is 101 Å². The van der Waals surface area contributed by atoms with Crippen LogP contribution in [0.5, 0.6) is 0 Å². The molecule has 0 rings (SSSR count). The highest BCUT2D eigenvalue weighted by Crippen LogP contribution is 1.87. The van der Waals surface area contributed by atoms with Gasteiger partial charge in [0.1, 0.15) is 6.04 Å². The van der Waals surface area contributed by atoms with Gasteiger partial charge in [-0.25, -0.2) is 5.43 Å². The molecule has 54 valence electrons. The minimum Gasteiger partial charge on any atom is -0.391 e. The summed E-state index contributed by atoms with van der Waals surface area (Å²) in [5.74, 6) is 4.20. The normalized spacial score (nSPS) is 16.8. The van der Waals surface area contributed by atoms with Crippen LogP contribution < -0.4 is 17.0 Å². The Balaban J connectivity index is 3.83. The molecule has 0 spiro atoms. The minimum absolute atomic E-state index is 0.660. The summed E-state index contributed by atoms with van der Waals surface area (Å²) in [6.45, 7) is 1.43. The molecule has 1 amide bonds. The number of aliphatic hydroxyl groups excluding tert-OH is 1. The van der Waals surface area contributed by atoms with Crippen LogP contribution in [-0.4, -0.2) is 23.2 Å². The highest BCUT2D eigenvalue weighted by Gasteiger charge is 2.18. The Hall–Kier alpha value is -0.650. The molecule has 0 aliphatic heterocycles. The van der Waals surface area contributed by atoms with Crippen molar-refractivity contribution in [3.8, 4) is 0 Å². The third-order valence-electron chi connectivity index (χ3n) is 0.968. The first-order valence-corrected chi connectivity index (χ1v) is 2.53. The third kappa shape index (κ3) is 2.41. The summed E-state index contributed by atoms with van der Waals surface area (Å²) in [5.41, 5.74) is 6.88. The number of primary amides is 1. The van der Waals surface area contributed by atoms with Gasteiger partial charge in [-0.2, -0.15) is 0 Å². The quantitative estimate of drug-likeness (QED) is 0.256. The van der Waals surface area contributed by atoms with Crippen LogP contribution in [-0.2, 0) is 4.79 Å².